The van der Waals surface area contributed by atoms with E-state index in [1.807, 2.05) is 49.4 Å². The molecule has 0 saturated carbocycles. The number of nitrogens with zero attached hydrogens (tertiary/aromatic N) is 3. The predicted octanol–water partition coefficient (Wildman–Crippen LogP) is 7.08. The van der Waals surface area contributed by atoms with Crippen LogP contribution in [-0.4, -0.2) is 20.7 Å². The molecule has 0 aliphatic rings. The van der Waals surface area contributed by atoms with Crippen LogP contribution in [0.25, 0.3) is 17.1 Å². The third-order valence-electron chi connectivity index (χ3n) is 5.40. The van der Waals surface area contributed by atoms with Gasteiger partial charge in [-0.05, 0) is 85.3 Å². The SMILES string of the molecule is Cc1ccc(-n2nc(C(=O)Nc3ccc(Oc4ccccc4)cc3)nc2-c2ccc(F)cc2)cc1Cl. The number of carbonyl (C=O) groups excluding carboxylic acids is 1. The summed E-state index contributed by atoms with van der Waals surface area (Å²) in [5, 5.41) is 7.79. The first kappa shape index (κ1) is 23.3. The van der Waals surface area contributed by atoms with Gasteiger partial charge in [-0.25, -0.2) is 14.1 Å². The summed E-state index contributed by atoms with van der Waals surface area (Å²) in [6.07, 6.45) is 0. The van der Waals surface area contributed by atoms with Gasteiger partial charge in [0, 0.05) is 16.3 Å². The van der Waals surface area contributed by atoms with Crippen molar-refractivity contribution in [3.8, 4) is 28.6 Å². The van der Waals surface area contributed by atoms with E-state index in [9.17, 15) is 9.18 Å². The molecule has 8 heteroatoms. The van der Waals surface area contributed by atoms with Crippen LogP contribution in [0.5, 0.6) is 11.5 Å². The zero-order valence-electron chi connectivity index (χ0n) is 19.2. The lowest BCUT2D eigenvalue weighted by molar-refractivity contribution is 0.101. The second-order valence-corrected chi connectivity index (χ2v) is 8.41. The van der Waals surface area contributed by atoms with Gasteiger partial charge in [-0.3, -0.25) is 4.79 Å². The molecule has 0 bridgehead atoms. The lowest BCUT2D eigenvalue weighted by Gasteiger charge is -2.08. The molecule has 1 aromatic heterocycles. The Labute approximate surface area is 212 Å². The minimum atomic E-state index is -0.493. The monoisotopic (exact) mass is 498 g/mol. The molecule has 6 nitrogen and oxygen atoms in total. The first-order chi connectivity index (χ1) is 17.5. The van der Waals surface area contributed by atoms with Crippen molar-refractivity contribution in [1.82, 2.24) is 14.8 Å². The van der Waals surface area contributed by atoms with Gasteiger partial charge in [-0.15, -0.1) is 5.10 Å². The molecule has 1 heterocycles. The van der Waals surface area contributed by atoms with E-state index in [1.54, 1.807) is 42.5 Å². The van der Waals surface area contributed by atoms with E-state index in [2.05, 4.69) is 15.4 Å². The number of aromatic nitrogens is 3. The number of amides is 1. The smallest absolute Gasteiger partial charge is 0.295 e. The maximum absolute atomic E-state index is 13.5. The Morgan fingerprint density at radius 2 is 1.61 bits per heavy atom. The fourth-order valence-electron chi connectivity index (χ4n) is 3.51. The Bertz CT molecular complexity index is 1520. The van der Waals surface area contributed by atoms with Crippen LogP contribution in [0.2, 0.25) is 5.02 Å². The number of nitrogens with one attached hydrogen (secondary N) is 1. The molecule has 0 unspecified atom stereocenters. The van der Waals surface area contributed by atoms with E-state index in [-0.39, 0.29) is 11.6 Å². The fraction of sp³-hybridized carbons (Fsp3) is 0.0357. The average Bonchev–Trinajstić information content (AvgIpc) is 3.34. The highest BCUT2D eigenvalue weighted by molar-refractivity contribution is 6.31. The van der Waals surface area contributed by atoms with E-state index in [1.165, 1.54) is 16.8 Å². The van der Waals surface area contributed by atoms with Gasteiger partial charge in [0.2, 0.25) is 5.82 Å². The van der Waals surface area contributed by atoms with Crippen LogP contribution in [0.15, 0.2) is 97.1 Å². The van der Waals surface area contributed by atoms with Gasteiger partial charge in [0.1, 0.15) is 17.3 Å². The second-order valence-electron chi connectivity index (χ2n) is 8.00. The molecule has 36 heavy (non-hydrogen) atoms. The lowest BCUT2D eigenvalue weighted by Crippen LogP contribution is -2.14. The molecule has 0 saturated heterocycles. The minimum absolute atomic E-state index is 0.0457. The predicted molar refractivity (Wildman–Crippen MR) is 137 cm³/mol. The maximum atomic E-state index is 13.5. The van der Waals surface area contributed by atoms with Crippen LogP contribution < -0.4 is 10.1 Å². The molecule has 0 radical (unpaired) electrons. The third-order valence-corrected chi connectivity index (χ3v) is 5.81. The Hall–Kier alpha value is -4.49. The zero-order chi connectivity index (χ0) is 25.1. The van der Waals surface area contributed by atoms with Gasteiger partial charge in [0.15, 0.2) is 5.82 Å². The number of halogens is 2. The summed E-state index contributed by atoms with van der Waals surface area (Å²) in [6.45, 7) is 1.89. The molecule has 0 fully saturated rings. The van der Waals surface area contributed by atoms with Crippen LogP contribution in [0.4, 0.5) is 10.1 Å². The van der Waals surface area contributed by atoms with Crippen LogP contribution in [0.3, 0.4) is 0 Å². The zero-order valence-corrected chi connectivity index (χ0v) is 19.9. The summed E-state index contributed by atoms with van der Waals surface area (Å²) in [5.41, 5.74) is 2.68. The van der Waals surface area contributed by atoms with Gasteiger partial charge in [-0.1, -0.05) is 35.9 Å². The van der Waals surface area contributed by atoms with E-state index < -0.39 is 5.91 Å². The van der Waals surface area contributed by atoms with Crippen LogP contribution in [0, 0.1) is 12.7 Å². The summed E-state index contributed by atoms with van der Waals surface area (Å²) >= 11 is 6.32. The van der Waals surface area contributed by atoms with Crippen molar-refractivity contribution >= 4 is 23.2 Å². The molecule has 1 amide bonds. The fourth-order valence-corrected chi connectivity index (χ4v) is 3.68. The molecule has 178 valence electrons. The maximum Gasteiger partial charge on any atom is 0.295 e. The number of rotatable bonds is 6. The summed E-state index contributed by atoms with van der Waals surface area (Å²) in [4.78, 5) is 17.5. The van der Waals surface area contributed by atoms with E-state index >= 15 is 0 Å². The number of ether oxygens (including phenoxy) is 1. The number of hydrogen-bond donors (Lipinski definition) is 1. The number of carbonyl (C=O) groups is 1. The van der Waals surface area contributed by atoms with Crippen LogP contribution in [-0.2, 0) is 0 Å². The molecule has 4 aromatic carbocycles. The Morgan fingerprint density at radius 1 is 0.917 bits per heavy atom. The average molecular weight is 499 g/mol. The number of benzene rings is 4. The number of para-hydroxylation sites is 1. The highest BCUT2D eigenvalue weighted by atomic mass is 35.5. The van der Waals surface area contributed by atoms with Gasteiger partial charge in [0.05, 0.1) is 5.69 Å². The van der Waals surface area contributed by atoms with E-state index in [0.717, 1.165) is 5.56 Å². The largest absolute Gasteiger partial charge is 0.457 e. The van der Waals surface area contributed by atoms with Gasteiger partial charge >= 0.3 is 0 Å². The lowest BCUT2D eigenvalue weighted by atomic mass is 10.2. The highest BCUT2D eigenvalue weighted by Gasteiger charge is 2.19. The number of hydrogen-bond acceptors (Lipinski definition) is 4. The van der Waals surface area contributed by atoms with Crippen molar-refractivity contribution < 1.29 is 13.9 Å². The third kappa shape index (κ3) is 5.11. The topological polar surface area (TPSA) is 69.0 Å². The number of anilines is 1. The van der Waals surface area contributed by atoms with Crippen molar-refractivity contribution in [2.45, 2.75) is 6.92 Å². The summed E-state index contributed by atoms with van der Waals surface area (Å²) in [7, 11) is 0. The molecular formula is C28H20ClFN4O2. The Balaban J connectivity index is 1.42. The molecule has 0 aliphatic heterocycles. The van der Waals surface area contributed by atoms with E-state index in [4.69, 9.17) is 16.3 Å². The molecule has 0 aliphatic carbocycles. The Morgan fingerprint density at radius 3 is 2.31 bits per heavy atom. The first-order valence-electron chi connectivity index (χ1n) is 11.1. The summed E-state index contributed by atoms with van der Waals surface area (Å²) in [5.74, 6) is 0.820. The standard InChI is InChI=1S/C28H20ClFN4O2/c1-18-7-14-22(17-25(18)29)34-27(19-8-10-20(30)11-9-19)32-26(33-34)28(35)31-21-12-15-24(16-13-21)36-23-5-3-2-4-6-23/h2-17H,1H3,(H,31,35). The molecular weight excluding hydrogens is 479 g/mol. The van der Waals surface area contributed by atoms with Crippen LogP contribution in [0.1, 0.15) is 16.2 Å². The van der Waals surface area contributed by atoms with Crippen molar-refractivity contribution in [1.29, 1.82) is 0 Å². The molecule has 5 rings (SSSR count). The molecule has 0 spiro atoms. The minimum Gasteiger partial charge on any atom is -0.457 e. The normalized spacial score (nSPS) is 10.8. The molecule has 0 atom stereocenters. The van der Waals surface area contributed by atoms with Crippen molar-refractivity contribution in [3.63, 3.8) is 0 Å². The molecule has 1 N–H and O–H groups in total. The number of aryl methyl sites for hydroxylation is 1. The van der Waals surface area contributed by atoms with Gasteiger partial charge in [-0.2, -0.15) is 0 Å². The van der Waals surface area contributed by atoms with Crippen molar-refractivity contribution in [2.24, 2.45) is 0 Å². The summed E-state index contributed by atoms with van der Waals surface area (Å²) < 4.78 is 20.8. The Kier molecular flexibility index (Phi) is 6.47. The van der Waals surface area contributed by atoms with Gasteiger partial charge in [0.25, 0.3) is 5.91 Å². The van der Waals surface area contributed by atoms with Gasteiger partial charge < -0.3 is 10.1 Å². The van der Waals surface area contributed by atoms with Crippen molar-refractivity contribution in [3.05, 3.63) is 119 Å². The summed E-state index contributed by atoms with van der Waals surface area (Å²) in [6, 6.07) is 27.6. The van der Waals surface area contributed by atoms with Crippen molar-refractivity contribution in [2.75, 3.05) is 5.32 Å². The highest BCUT2D eigenvalue weighted by Crippen LogP contribution is 2.26. The second kappa shape index (κ2) is 10.0. The first-order valence-corrected chi connectivity index (χ1v) is 11.5. The van der Waals surface area contributed by atoms with Crippen LogP contribution >= 0.6 is 11.6 Å². The quantitative estimate of drug-likeness (QED) is 0.271. The van der Waals surface area contributed by atoms with E-state index in [0.29, 0.717) is 39.3 Å². The molecule has 5 aromatic rings.